The number of fused-ring (bicyclic) bond motifs is 1. The van der Waals surface area contributed by atoms with Gasteiger partial charge in [0.1, 0.15) is 10.4 Å². The van der Waals surface area contributed by atoms with Gasteiger partial charge in [-0.25, -0.2) is 9.97 Å². The molecule has 0 spiro atoms. The first-order valence-electron chi connectivity index (χ1n) is 11.4. The molecule has 1 amide bonds. The second kappa shape index (κ2) is 7.89. The molecule has 0 atom stereocenters. The molecule has 0 saturated carbocycles. The van der Waals surface area contributed by atoms with Gasteiger partial charge in [0.25, 0.3) is 5.91 Å². The minimum absolute atomic E-state index is 0.0480. The Morgan fingerprint density at radius 1 is 0.971 bits per heavy atom. The second-order valence-electron chi connectivity index (χ2n) is 9.18. The molecule has 2 fully saturated rings. The Kier molecular flexibility index (Phi) is 5.41. The van der Waals surface area contributed by atoms with Crippen LogP contribution in [0.2, 0.25) is 0 Å². The van der Waals surface area contributed by atoms with E-state index >= 15 is 0 Å². The molecule has 5 rings (SSSR count). The predicted octanol–water partition coefficient (Wildman–Crippen LogP) is 6.53. The van der Waals surface area contributed by atoms with E-state index in [1.165, 1.54) is 0 Å². The molecular formula is C23H25F5N4O2S. The number of benzene rings is 1. The molecule has 2 aliphatic rings. The molecule has 2 aromatic heterocycles. The van der Waals surface area contributed by atoms with Crippen molar-refractivity contribution in [2.45, 2.75) is 42.4 Å². The summed E-state index contributed by atoms with van der Waals surface area (Å²) in [6, 6.07) is 2.19. The van der Waals surface area contributed by atoms with E-state index in [0.29, 0.717) is 50.7 Å². The Hall–Kier alpha value is -2.73. The molecule has 0 radical (unpaired) electrons. The van der Waals surface area contributed by atoms with E-state index in [1.54, 1.807) is 4.90 Å². The van der Waals surface area contributed by atoms with Crippen molar-refractivity contribution >= 4 is 27.3 Å². The van der Waals surface area contributed by atoms with Gasteiger partial charge in [0.05, 0.1) is 11.9 Å². The maximum Gasteiger partial charge on any atom is 0.310 e. The van der Waals surface area contributed by atoms with Gasteiger partial charge in [-0.1, -0.05) is 19.4 Å². The van der Waals surface area contributed by atoms with Crippen LogP contribution in [0.1, 0.15) is 59.1 Å². The van der Waals surface area contributed by atoms with Gasteiger partial charge < -0.3 is 14.6 Å². The highest BCUT2D eigenvalue weighted by Crippen LogP contribution is 3.02. The standard InChI is InChI=1S/C23H25F5N4O2S/c24-35(25,26,27,28)18-3-1-17(2-4-18)23(33)32-9-5-15(6-10-32)19-13-29-22-21(19)31-20(14-30-22)16-7-11-34-12-8-16/h1-4,13-16H,5-12H2,(H,29,30). The van der Waals surface area contributed by atoms with Gasteiger partial charge in [-0.15, -0.1) is 0 Å². The zero-order valence-electron chi connectivity index (χ0n) is 18.7. The van der Waals surface area contributed by atoms with Crippen LogP contribution in [-0.4, -0.2) is 52.1 Å². The van der Waals surface area contributed by atoms with Gasteiger partial charge >= 0.3 is 10.2 Å². The van der Waals surface area contributed by atoms with Gasteiger partial charge in [0.15, 0.2) is 5.65 Å². The van der Waals surface area contributed by atoms with Gasteiger partial charge in [0.2, 0.25) is 0 Å². The molecule has 2 aliphatic heterocycles. The van der Waals surface area contributed by atoms with E-state index in [0.717, 1.165) is 41.7 Å². The molecule has 12 heteroatoms. The number of ether oxygens (including phenoxy) is 1. The number of nitrogens with one attached hydrogen (secondary N) is 1. The van der Waals surface area contributed by atoms with Crippen LogP contribution in [0.25, 0.3) is 11.2 Å². The number of likely N-dealkylation sites (tertiary alicyclic amines) is 1. The molecule has 190 valence electrons. The van der Waals surface area contributed by atoms with Crippen molar-refractivity contribution < 1.29 is 29.0 Å². The summed E-state index contributed by atoms with van der Waals surface area (Å²) >= 11 is 0. The van der Waals surface area contributed by atoms with Crippen LogP contribution in [0.3, 0.4) is 0 Å². The minimum atomic E-state index is -9.76. The van der Waals surface area contributed by atoms with E-state index in [2.05, 4.69) is 9.97 Å². The molecular weight excluding hydrogens is 491 g/mol. The van der Waals surface area contributed by atoms with Gasteiger partial charge in [-0.2, -0.15) is 0 Å². The number of carbonyl (C=O) groups is 1. The van der Waals surface area contributed by atoms with Gasteiger partial charge in [0, 0.05) is 49.5 Å². The average Bonchev–Trinajstić information content (AvgIpc) is 3.26. The van der Waals surface area contributed by atoms with Gasteiger partial charge in [-0.3, -0.25) is 4.79 Å². The molecule has 1 N–H and O–H groups in total. The number of hydrogen-bond donors (Lipinski definition) is 1. The highest BCUT2D eigenvalue weighted by Gasteiger charge is 2.65. The first kappa shape index (κ1) is 24.0. The van der Waals surface area contributed by atoms with Crippen molar-refractivity contribution in [1.82, 2.24) is 19.9 Å². The molecule has 6 nitrogen and oxygen atoms in total. The van der Waals surface area contributed by atoms with Crippen molar-refractivity contribution in [3.63, 3.8) is 0 Å². The fraction of sp³-hybridized carbons (Fsp3) is 0.435. The summed E-state index contributed by atoms with van der Waals surface area (Å²) in [5.74, 6) is -0.0198. The highest BCUT2D eigenvalue weighted by molar-refractivity contribution is 8.45. The van der Waals surface area contributed by atoms with Crippen LogP contribution in [-0.2, 0) is 4.74 Å². The molecule has 4 heterocycles. The van der Waals surface area contributed by atoms with Crippen molar-refractivity contribution in [2.24, 2.45) is 0 Å². The number of carbonyl (C=O) groups excluding carboxylic acids is 1. The predicted molar refractivity (Wildman–Crippen MR) is 122 cm³/mol. The van der Waals surface area contributed by atoms with Crippen LogP contribution in [0, 0.1) is 0 Å². The zero-order chi connectivity index (χ0) is 24.9. The van der Waals surface area contributed by atoms with Crippen molar-refractivity contribution in [2.75, 3.05) is 26.3 Å². The van der Waals surface area contributed by atoms with Crippen molar-refractivity contribution in [3.05, 3.63) is 53.5 Å². The number of piperidine rings is 1. The lowest BCUT2D eigenvalue weighted by molar-refractivity contribution is 0.0713. The SMILES string of the molecule is O=C(c1ccc(S(F)(F)(F)(F)F)cc1)N1CCC(c2c[nH]c3ncc(C4CCOCC4)nc23)CC1. The number of amides is 1. The molecule has 3 aromatic rings. The molecule has 0 unspecified atom stereocenters. The third-order valence-corrected chi connectivity index (χ3v) is 8.00. The lowest BCUT2D eigenvalue weighted by atomic mass is 9.90. The smallest absolute Gasteiger partial charge is 0.310 e. The Balaban J connectivity index is 1.28. The Labute approximate surface area is 198 Å². The quantitative estimate of drug-likeness (QED) is 0.401. The Bertz CT molecular complexity index is 1250. The Morgan fingerprint density at radius 3 is 2.26 bits per heavy atom. The van der Waals surface area contributed by atoms with Crippen LogP contribution in [0.4, 0.5) is 19.4 Å². The number of aromatic nitrogens is 3. The van der Waals surface area contributed by atoms with E-state index < -0.39 is 21.0 Å². The molecule has 35 heavy (non-hydrogen) atoms. The lowest BCUT2D eigenvalue weighted by Gasteiger charge is -2.40. The highest BCUT2D eigenvalue weighted by atomic mass is 32.5. The summed E-state index contributed by atoms with van der Waals surface area (Å²) in [6.07, 6.45) is 6.81. The number of aromatic amines is 1. The molecule has 1 aromatic carbocycles. The Morgan fingerprint density at radius 2 is 1.63 bits per heavy atom. The average molecular weight is 517 g/mol. The minimum Gasteiger partial charge on any atom is -0.381 e. The number of hydrogen-bond acceptors (Lipinski definition) is 4. The summed E-state index contributed by atoms with van der Waals surface area (Å²) in [7, 11) is -9.76. The number of H-pyrrole nitrogens is 1. The van der Waals surface area contributed by atoms with E-state index in [1.807, 2.05) is 12.4 Å². The number of halogens is 5. The van der Waals surface area contributed by atoms with Gasteiger partial charge in [-0.05, 0) is 55.9 Å². The number of nitrogens with zero attached hydrogens (tertiary/aromatic N) is 3. The second-order valence-corrected chi connectivity index (χ2v) is 11.6. The first-order valence-corrected chi connectivity index (χ1v) is 13.4. The summed E-state index contributed by atoms with van der Waals surface area (Å²) in [6.45, 7) is 2.21. The van der Waals surface area contributed by atoms with E-state index in [-0.39, 0.29) is 23.6 Å². The van der Waals surface area contributed by atoms with Crippen LogP contribution < -0.4 is 0 Å². The van der Waals surface area contributed by atoms with Crippen LogP contribution >= 0.6 is 10.2 Å². The first-order chi connectivity index (χ1) is 16.4. The fourth-order valence-electron chi connectivity index (χ4n) is 4.86. The third kappa shape index (κ3) is 4.99. The maximum absolute atomic E-state index is 12.9. The van der Waals surface area contributed by atoms with Crippen LogP contribution in [0.15, 0.2) is 41.6 Å². The summed E-state index contributed by atoms with van der Waals surface area (Å²) in [4.78, 5) is 24.9. The topological polar surface area (TPSA) is 71.1 Å². The van der Waals surface area contributed by atoms with Crippen molar-refractivity contribution in [1.29, 1.82) is 0 Å². The maximum atomic E-state index is 12.9. The lowest BCUT2D eigenvalue weighted by Crippen LogP contribution is -2.37. The number of rotatable bonds is 4. The summed E-state index contributed by atoms with van der Waals surface area (Å²) in [5.41, 5.74) is 3.47. The normalized spacial score (nSPS) is 20.5. The monoisotopic (exact) mass is 516 g/mol. The largest absolute Gasteiger partial charge is 0.381 e. The summed E-state index contributed by atoms with van der Waals surface area (Å²) < 4.78 is 70.1. The third-order valence-electron chi connectivity index (χ3n) is 6.84. The molecule has 2 saturated heterocycles. The summed E-state index contributed by atoms with van der Waals surface area (Å²) in [5, 5.41) is 0. The van der Waals surface area contributed by atoms with E-state index in [4.69, 9.17) is 9.72 Å². The van der Waals surface area contributed by atoms with Crippen molar-refractivity contribution in [3.8, 4) is 0 Å². The van der Waals surface area contributed by atoms with E-state index in [9.17, 15) is 24.2 Å². The zero-order valence-corrected chi connectivity index (χ0v) is 19.5. The molecule has 0 bridgehead atoms. The fourth-order valence-corrected chi connectivity index (χ4v) is 5.51. The molecule has 0 aliphatic carbocycles. The van der Waals surface area contributed by atoms with Crippen LogP contribution in [0.5, 0.6) is 0 Å².